The van der Waals surface area contributed by atoms with Crippen LogP contribution < -0.4 is 10.1 Å². The van der Waals surface area contributed by atoms with Crippen LogP contribution in [0.2, 0.25) is 0 Å². The molecule has 7 heteroatoms. The van der Waals surface area contributed by atoms with Gasteiger partial charge in [0.15, 0.2) is 0 Å². The fourth-order valence-electron chi connectivity index (χ4n) is 6.18. The number of urea groups is 1. The fraction of sp³-hybridized carbons (Fsp3) is 0.517. The molecule has 1 N–H and O–H groups in total. The van der Waals surface area contributed by atoms with E-state index < -0.39 is 0 Å². The highest BCUT2D eigenvalue weighted by Gasteiger charge is 2.48. The van der Waals surface area contributed by atoms with Gasteiger partial charge in [-0.1, -0.05) is 36.4 Å². The van der Waals surface area contributed by atoms with E-state index in [-0.39, 0.29) is 36.0 Å². The van der Waals surface area contributed by atoms with E-state index in [2.05, 4.69) is 34.5 Å². The van der Waals surface area contributed by atoms with Crippen LogP contribution in [0.3, 0.4) is 0 Å². The summed E-state index contributed by atoms with van der Waals surface area (Å²) in [5, 5.41) is 3.23. The molecule has 2 fully saturated rings. The predicted molar refractivity (Wildman–Crippen MR) is 138 cm³/mol. The van der Waals surface area contributed by atoms with Gasteiger partial charge in [0.1, 0.15) is 5.75 Å². The number of benzene rings is 2. The maximum Gasteiger partial charge on any atom is 0.318 e. The monoisotopic (exact) mass is 491 g/mol. The molecule has 3 heterocycles. The first kappa shape index (κ1) is 24.6. The van der Waals surface area contributed by atoms with Crippen LogP contribution >= 0.6 is 0 Å². The van der Waals surface area contributed by atoms with Crippen LogP contribution in [0.15, 0.2) is 48.5 Å². The average Bonchev–Trinajstić information content (AvgIpc) is 2.91. The number of piperidine rings is 2. The molecular weight excluding hydrogens is 454 g/mol. The summed E-state index contributed by atoms with van der Waals surface area (Å²) in [6, 6.07) is 15.8. The summed E-state index contributed by atoms with van der Waals surface area (Å²) in [4.78, 5) is 31.3. The molecule has 3 aliphatic heterocycles. The molecule has 0 aliphatic carbocycles. The van der Waals surface area contributed by atoms with Crippen molar-refractivity contribution in [1.82, 2.24) is 15.1 Å². The van der Waals surface area contributed by atoms with Crippen LogP contribution in [0.4, 0.5) is 4.79 Å². The molecule has 3 amide bonds. The lowest BCUT2D eigenvalue weighted by atomic mass is 9.76. The van der Waals surface area contributed by atoms with E-state index in [4.69, 9.17) is 9.47 Å². The summed E-state index contributed by atoms with van der Waals surface area (Å²) in [6.45, 7) is 6.86. The van der Waals surface area contributed by atoms with Crippen LogP contribution in [-0.2, 0) is 16.0 Å². The van der Waals surface area contributed by atoms with Crippen molar-refractivity contribution in [2.75, 3.05) is 32.9 Å². The van der Waals surface area contributed by atoms with E-state index in [0.717, 1.165) is 43.5 Å². The van der Waals surface area contributed by atoms with Gasteiger partial charge in [0.05, 0.1) is 31.2 Å². The molecule has 0 radical (unpaired) electrons. The molecule has 36 heavy (non-hydrogen) atoms. The van der Waals surface area contributed by atoms with Gasteiger partial charge in [-0.25, -0.2) is 4.79 Å². The largest absolute Gasteiger partial charge is 0.494 e. The number of carbonyl (C=O) groups excluding carboxylic acids is 2. The van der Waals surface area contributed by atoms with Crippen molar-refractivity contribution in [2.24, 2.45) is 5.92 Å². The summed E-state index contributed by atoms with van der Waals surface area (Å²) in [5.41, 5.74) is 3.51. The van der Waals surface area contributed by atoms with Crippen LogP contribution in [0.5, 0.6) is 5.75 Å². The topological polar surface area (TPSA) is 71.1 Å². The van der Waals surface area contributed by atoms with Crippen LogP contribution in [0.25, 0.3) is 0 Å². The molecule has 4 atom stereocenters. The van der Waals surface area contributed by atoms with Crippen molar-refractivity contribution in [3.05, 3.63) is 65.2 Å². The molecule has 0 unspecified atom stereocenters. The second kappa shape index (κ2) is 10.9. The molecule has 0 bridgehead atoms. The van der Waals surface area contributed by atoms with E-state index in [1.807, 2.05) is 43.0 Å². The normalized spacial score (nSPS) is 23.8. The van der Waals surface area contributed by atoms with Crippen molar-refractivity contribution in [1.29, 1.82) is 0 Å². The number of nitrogens with one attached hydrogen (secondary N) is 1. The van der Waals surface area contributed by atoms with Crippen molar-refractivity contribution < 1.29 is 19.1 Å². The summed E-state index contributed by atoms with van der Waals surface area (Å²) in [5.74, 6) is 0.855. The Morgan fingerprint density at radius 1 is 1.11 bits per heavy atom. The smallest absolute Gasteiger partial charge is 0.318 e. The highest BCUT2D eigenvalue weighted by Crippen LogP contribution is 2.43. The van der Waals surface area contributed by atoms with Gasteiger partial charge in [-0.15, -0.1) is 0 Å². The Hall–Kier alpha value is -3.06. The number of hydrogen-bond acceptors (Lipinski definition) is 4. The SMILES string of the molecule is CCOC[C@H](NC(=O)N1CCC[C@@H]2C(=O)N3CCc4ccccc4[C@@H]3C[C@@H]21)c1cccc(OCC)c1. The number of hydrogen-bond donors (Lipinski definition) is 1. The molecule has 0 spiro atoms. The third-order valence-electron chi connectivity index (χ3n) is 7.88. The second-order valence-corrected chi connectivity index (χ2v) is 9.91. The minimum Gasteiger partial charge on any atom is -0.494 e. The Morgan fingerprint density at radius 2 is 1.97 bits per heavy atom. The highest BCUT2D eigenvalue weighted by molar-refractivity contribution is 5.84. The summed E-state index contributed by atoms with van der Waals surface area (Å²) >= 11 is 0. The molecule has 2 aromatic carbocycles. The molecule has 192 valence electrons. The first-order valence-corrected chi connectivity index (χ1v) is 13.4. The second-order valence-electron chi connectivity index (χ2n) is 9.91. The Kier molecular flexibility index (Phi) is 7.46. The minimum absolute atomic E-state index is 0.0409. The summed E-state index contributed by atoms with van der Waals surface area (Å²) < 4.78 is 11.4. The molecule has 2 saturated heterocycles. The molecule has 0 aromatic heterocycles. The maximum absolute atomic E-state index is 13.7. The summed E-state index contributed by atoms with van der Waals surface area (Å²) in [7, 11) is 0. The highest BCUT2D eigenvalue weighted by atomic mass is 16.5. The zero-order valence-corrected chi connectivity index (χ0v) is 21.3. The van der Waals surface area contributed by atoms with Gasteiger partial charge in [-0.05, 0) is 68.4 Å². The van der Waals surface area contributed by atoms with Gasteiger partial charge in [0.25, 0.3) is 0 Å². The predicted octanol–water partition coefficient (Wildman–Crippen LogP) is 4.48. The molecule has 3 aliphatic rings. The van der Waals surface area contributed by atoms with Crippen LogP contribution in [0, 0.1) is 5.92 Å². The van der Waals surface area contributed by atoms with Crippen molar-refractivity contribution >= 4 is 11.9 Å². The fourth-order valence-corrected chi connectivity index (χ4v) is 6.18. The van der Waals surface area contributed by atoms with Gasteiger partial charge >= 0.3 is 6.03 Å². The van der Waals surface area contributed by atoms with Crippen LogP contribution in [-0.4, -0.2) is 60.7 Å². The number of rotatable bonds is 7. The van der Waals surface area contributed by atoms with E-state index in [9.17, 15) is 9.59 Å². The third-order valence-corrected chi connectivity index (χ3v) is 7.88. The van der Waals surface area contributed by atoms with Gasteiger partial charge in [-0.3, -0.25) is 4.79 Å². The number of carbonyl (C=O) groups is 2. The zero-order valence-electron chi connectivity index (χ0n) is 21.3. The Balaban J connectivity index is 1.37. The summed E-state index contributed by atoms with van der Waals surface area (Å²) in [6.07, 6.45) is 3.37. The van der Waals surface area contributed by atoms with Crippen molar-refractivity contribution in [3.63, 3.8) is 0 Å². The quantitative estimate of drug-likeness (QED) is 0.620. The first-order chi connectivity index (χ1) is 17.6. The Labute approximate surface area is 213 Å². The Morgan fingerprint density at radius 3 is 2.81 bits per heavy atom. The molecule has 7 nitrogen and oxygen atoms in total. The van der Waals surface area contributed by atoms with Crippen LogP contribution in [0.1, 0.15) is 61.9 Å². The molecule has 2 aromatic rings. The number of ether oxygens (including phenoxy) is 2. The number of amides is 3. The van der Waals surface area contributed by atoms with Gasteiger partial charge < -0.3 is 24.6 Å². The maximum atomic E-state index is 13.7. The number of fused-ring (bicyclic) bond motifs is 4. The third kappa shape index (κ3) is 4.81. The van der Waals surface area contributed by atoms with E-state index in [0.29, 0.717) is 26.4 Å². The van der Waals surface area contributed by atoms with E-state index >= 15 is 0 Å². The van der Waals surface area contributed by atoms with E-state index in [1.165, 1.54) is 11.1 Å². The number of nitrogens with zero attached hydrogens (tertiary/aromatic N) is 2. The average molecular weight is 492 g/mol. The lowest BCUT2D eigenvalue weighted by Gasteiger charge is -2.51. The van der Waals surface area contributed by atoms with Gasteiger partial charge in [-0.2, -0.15) is 0 Å². The molecular formula is C29H37N3O4. The molecule has 5 rings (SSSR count). The standard InChI is InChI=1S/C29H37N3O4/c1-3-35-19-25(21-10-7-11-22(17-21)36-4-2)30-29(34)32-15-8-13-24-27(32)18-26-23-12-6-5-9-20(23)14-16-31(26)28(24)33/h5-7,9-12,17,24-27H,3-4,8,13-16,18-19H2,1-2H3,(H,30,34)/t24-,25-,26-,27-/m0/s1. The Bertz CT molecular complexity index is 1090. The van der Waals surface area contributed by atoms with Crippen molar-refractivity contribution in [3.8, 4) is 5.75 Å². The lowest BCUT2D eigenvalue weighted by molar-refractivity contribution is -0.148. The number of likely N-dealkylation sites (tertiary alicyclic amines) is 1. The molecule has 0 saturated carbocycles. The zero-order chi connectivity index (χ0) is 25.1. The van der Waals surface area contributed by atoms with Gasteiger partial charge in [0, 0.05) is 25.7 Å². The van der Waals surface area contributed by atoms with Gasteiger partial charge in [0.2, 0.25) is 5.91 Å². The van der Waals surface area contributed by atoms with Crippen molar-refractivity contribution in [2.45, 2.75) is 57.7 Å². The lowest BCUT2D eigenvalue weighted by Crippen LogP contribution is -2.61. The van der Waals surface area contributed by atoms with E-state index in [1.54, 1.807) is 0 Å². The first-order valence-electron chi connectivity index (χ1n) is 13.4. The minimum atomic E-state index is -0.301.